The van der Waals surface area contributed by atoms with Crippen molar-refractivity contribution >= 4 is 27.3 Å². The van der Waals surface area contributed by atoms with Gasteiger partial charge in [-0.05, 0) is 26.0 Å². The van der Waals surface area contributed by atoms with E-state index in [0.717, 1.165) is 23.3 Å². The van der Waals surface area contributed by atoms with E-state index in [9.17, 15) is 31.2 Å². The Kier molecular flexibility index (Phi) is 6.58. The maximum absolute atomic E-state index is 12.9. The van der Waals surface area contributed by atoms with Crippen molar-refractivity contribution in [1.29, 1.82) is 0 Å². The van der Waals surface area contributed by atoms with Crippen molar-refractivity contribution < 1.29 is 31.2 Å². The Hall–Kier alpha value is -2.10. The van der Waals surface area contributed by atoms with Gasteiger partial charge in [0, 0.05) is 12.8 Å². The first-order valence-electron chi connectivity index (χ1n) is 7.31. The first-order chi connectivity index (χ1) is 11.4. The third kappa shape index (κ3) is 5.73. The van der Waals surface area contributed by atoms with E-state index in [4.69, 9.17) is 0 Å². The van der Waals surface area contributed by atoms with E-state index in [2.05, 4.69) is 5.32 Å². The van der Waals surface area contributed by atoms with Crippen LogP contribution >= 0.6 is 0 Å². The van der Waals surface area contributed by atoms with Gasteiger partial charge in [-0.1, -0.05) is 12.1 Å². The Bertz CT molecular complexity index is 747. The number of para-hydroxylation sites is 1. The summed E-state index contributed by atoms with van der Waals surface area (Å²) in [6.07, 6.45) is -3.75. The minimum absolute atomic E-state index is 0.0348. The molecule has 0 aliphatic rings. The van der Waals surface area contributed by atoms with Gasteiger partial charge in [-0.15, -0.1) is 0 Å². The van der Waals surface area contributed by atoms with E-state index in [1.54, 1.807) is 0 Å². The molecule has 10 heteroatoms. The number of hydrogen-bond acceptors (Lipinski definition) is 4. The molecule has 0 aromatic heterocycles. The Morgan fingerprint density at radius 1 is 1.24 bits per heavy atom. The standard InChI is InChI=1S/C15H19F3N2O4S/c1-4-20(14(22)10(2)25(3,23)24)9-13(21)19-12-8-6-5-7-11(12)15(16,17)18/h5-8,10H,4,9H2,1-3H3,(H,19,21). The first kappa shape index (κ1) is 20.9. The van der Waals surface area contributed by atoms with E-state index in [-0.39, 0.29) is 6.54 Å². The van der Waals surface area contributed by atoms with Crippen LogP contribution in [0.15, 0.2) is 24.3 Å². The number of carbonyl (C=O) groups excluding carboxylic acids is 2. The number of hydrogen-bond donors (Lipinski definition) is 1. The van der Waals surface area contributed by atoms with Crippen molar-refractivity contribution in [2.45, 2.75) is 25.3 Å². The summed E-state index contributed by atoms with van der Waals surface area (Å²) in [7, 11) is -3.65. The molecule has 2 amide bonds. The molecule has 0 radical (unpaired) electrons. The van der Waals surface area contributed by atoms with Gasteiger partial charge in [0.15, 0.2) is 9.84 Å². The fourth-order valence-corrected chi connectivity index (χ4v) is 2.50. The van der Waals surface area contributed by atoms with Crippen LogP contribution in [0, 0.1) is 0 Å². The van der Waals surface area contributed by atoms with E-state index in [0.29, 0.717) is 0 Å². The van der Waals surface area contributed by atoms with Crippen LogP contribution in [0.3, 0.4) is 0 Å². The highest BCUT2D eigenvalue weighted by atomic mass is 32.2. The first-order valence-corrected chi connectivity index (χ1v) is 9.27. The second-order valence-corrected chi connectivity index (χ2v) is 7.78. The molecule has 1 rings (SSSR count). The second-order valence-electron chi connectivity index (χ2n) is 5.42. The Morgan fingerprint density at radius 2 is 1.80 bits per heavy atom. The lowest BCUT2D eigenvalue weighted by molar-refractivity contribution is -0.137. The molecule has 0 saturated heterocycles. The zero-order valence-electron chi connectivity index (χ0n) is 13.9. The van der Waals surface area contributed by atoms with Crippen LogP contribution in [0.2, 0.25) is 0 Å². The molecule has 0 spiro atoms. The third-order valence-corrected chi connectivity index (χ3v) is 5.01. The molecular weight excluding hydrogens is 361 g/mol. The molecule has 6 nitrogen and oxygen atoms in total. The number of carbonyl (C=O) groups is 2. The number of nitrogens with one attached hydrogen (secondary N) is 1. The van der Waals surface area contributed by atoms with Gasteiger partial charge in [-0.25, -0.2) is 8.42 Å². The largest absolute Gasteiger partial charge is 0.418 e. The molecule has 25 heavy (non-hydrogen) atoms. The van der Waals surface area contributed by atoms with Crippen LogP contribution in [0.5, 0.6) is 0 Å². The highest BCUT2D eigenvalue weighted by Crippen LogP contribution is 2.34. The topological polar surface area (TPSA) is 83.6 Å². The summed E-state index contributed by atoms with van der Waals surface area (Å²) in [5.41, 5.74) is -1.44. The predicted octanol–water partition coefficient (Wildman–Crippen LogP) is 1.93. The van der Waals surface area contributed by atoms with E-state index >= 15 is 0 Å². The molecule has 1 unspecified atom stereocenters. The fourth-order valence-electron chi connectivity index (χ4n) is 1.99. The molecule has 1 atom stereocenters. The minimum Gasteiger partial charge on any atom is -0.333 e. The summed E-state index contributed by atoms with van der Waals surface area (Å²) < 4.78 is 61.6. The zero-order valence-corrected chi connectivity index (χ0v) is 14.7. The maximum atomic E-state index is 12.9. The van der Waals surface area contributed by atoms with Crippen molar-refractivity contribution in [2.24, 2.45) is 0 Å². The summed E-state index contributed by atoms with van der Waals surface area (Å²) in [5, 5.41) is 0.767. The van der Waals surface area contributed by atoms with Crippen molar-refractivity contribution in [3.63, 3.8) is 0 Å². The fraction of sp³-hybridized carbons (Fsp3) is 0.467. The molecule has 0 bridgehead atoms. The van der Waals surface area contributed by atoms with Crippen LogP contribution in [0.1, 0.15) is 19.4 Å². The molecule has 1 aromatic rings. The van der Waals surface area contributed by atoms with E-state index < -0.39 is 50.9 Å². The van der Waals surface area contributed by atoms with Gasteiger partial charge in [0.05, 0.1) is 17.8 Å². The lowest BCUT2D eigenvalue weighted by Crippen LogP contribution is -2.44. The van der Waals surface area contributed by atoms with Crippen LogP contribution in [-0.4, -0.2) is 49.7 Å². The number of amides is 2. The molecule has 1 N–H and O–H groups in total. The molecule has 0 fully saturated rings. The number of halogens is 3. The highest BCUT2D eigenvalue weighted by molar-refractivity contribution is 7.92. The predicted molar refractivity (Wildman–Crippen MR) is 86.6 cm³/mol. The number of likely N-dealkylation sites (N-methyl/N-ethyl adjacent to an activating group) is 1. The summed E-state index contributed by atoms with van der Waals surface area (Å²) in [4.78, 5) is 25.1. The van der Waals surface area contributed by atoms with Crippen LogP contribution in [0.4, 0.5) is 18.9 Å². The van der Waals surface area contributed by atoms with Gasteiger partial charge >= 0.3 is 6.18 Å². The average molecular weight is 380 g/mol. The number of alkyl halides is 3. The van der Waals surface area contributed by atoms with Crippen LogP contribution < -0.4 is 5.32 Å². The van der Waals surface area contributed by atoms with Crippen molar-refractivity contribution in [2.75, 3.05) is 24.7 Å². The van der Waals surface area contributed by atoms with Crippen molar-refractivity contribution in [3.05, 3.63) is 29.8 Å². The quantitative estimate of drug-likeness (QED) is 0.817. The molecule has 1 aromatic carbocycles. The van der Waals surface area contributed by atoms with Crippen LogP contribution in [0.25, 0.3) is 0 Å². The highest BCUT2D eigenvalue weighted by Gasteiger charge is 2.34. The van der Waals surface area contributed by atoms with Crippen molar-refractivity contribution in [3.8, 4) is 0 Å². The van der Waals surface area contributed by atoms with Crippen LogP contribution in [-0.2, 0) is 25.6 Å². The smallest absolute Gasteiger partial charge is 0.333 e. The summed E-state index contributed by atoms with van der Waals surface area (Å²) in [6.45, 7) is 2.20. The molecule has 0 heterocycles. The number of sulfone groups is 1. The normalized spacial score (nSPS) is 13.2. The summed E-state index contributed by atoms with van der Waals surface area (Å²) in [5.74, 6) is -1.64. The van der Waals surface area contributed by atoms with Crippen molar-refractivity contribution in [1.82, 2.24) is 4.90 Å². The Balaban J connectivity index is 2.91. The minimum atomic E-state index is -4.64. The summed E-state index contributed by atoms with van der Waals surface area (Å²) >= 11 is 0. The van der Waals surface area contributed by atoms with E-state index in [1.807, 2.05) is 0 Å². The van der Waals surface area contributed by atoms with Gasteiger partial charge in [0.1, 0.15) is 5.25 Å². The average Bonchev–Trinajstić information content (AvgIpc) is 2.49. The lowest BCUT2D eigenvalue weighted by Gasteiger charge is -2.23. The number of anilines is 1. The van der Waals surface area contributed by atoms with E-state index in [1.165, 1.54) is 26.0 Å². The maximum Gasteiger partial charge on any atom is 0.418 e. The molecule has 0 saturated carbocycles. The second kappa shape index (κ2) is 7.85. The Labute approximate surface area is 143 Å². The lowest BCUT2D eigenvalue weighted by atomic mass is 10.1. The SMILES string of the molecule is CCN(CC(=O)Nc1ccccc1C(F)(F)F)C(=O)C(C)S(C)(=O)=O. The number of nitrogens with zero attached hydrogens (tertiary/aromatic N) is 1. The monoisotopic (exact) mass is 380 g/mol. The number of benzene rings is 1. The number of rotatable bonds is 6. The van der Waals surface area contributed by atoms with Gasteiger partial charge in [0.2, 0.25) is 11.8 Å². The van der Waals surface area contributed by atoms with Gasteiger partial charge in [-0.2, -0.15) is 13.2 Å². The molecule has 0 aliphatic carbocycles. The Morgan fingerprint density at radius 3 is 2.28 bits per heavy atom. The molecular formula is C15H19F3N2O4S. The van der Waals surface area contributed by atoms with Gasteiger partial charge in [0.25, 0.3) is 0 Å². The van der Waals surface area contributed by atoms with Gasteiger partial charge < -0.3 is 10.2 Å². The summed E-state index contributed by atoms with van der Waals surface area (Å²) in [6, 6.07) is 4.44. The van der Waals surface area contributed by atoms with Gasteiger partial charge in [-0.3, -0.25) is 9.59 Å². The molecule has 0 aliphatic heterocycles. The zero-order chi connectivity index (χ0) is 19.4. The third-order valence-electron chi connectivity index (χ3n) is 3.52. The molecule has 140 valence electrons.